The average molecular weight is 332 g/mol. The van der Waals surface area contributed by atoms with E-state index in [0.717, 1.165) is 31.6 Å². The van der Waals surface area contributed by atoms with Crippen molar-refractivity contribution in [3.8, 4) is 6.07 Å². The second kappa shape index (κ2) is 5.09. The molecule has 4 aliphatic carbocycles. The van der Waals surface area contributed by atoms with Crippen molar-refractivity contribution in [3.05, 3.63) is 10.6 Å². The van der Waals surface area contributed by atoms with Gasteiger partial charge in [-0.05, 0) is 79.1 Å². The molecule has 0 N–H and O–H groups in total. The number of ketones is 1. The van der Waals surface area contributed by atoms with Crippen LogP contribution in [0.3, 0.4) is 0 Å². The van der Waals surface area contributed by atoms with Gasteiger partial charge >= 0.3 is 0 Å². The number of carbonyl (C=O) groups is 1. The predicted molar refractivity (Wildman–Crippen MR) is 90.6 cm³/mol. The summed E-state index contributed by atoms with van der Waals surface area (Å²) in [5.74, 6) is 2.47. The SMILES string of the molecule is C[C@]12CC[C@H]3[C@@H](CCC4=C(Cl)C(=O)CC[C@@]43C)[C@@H]1CC[C@@H]2C#N. The van der Waals surface area contributed by atoms with Gasteiger partial charge in [0.25, 0.3) is 0 Å². The van der Waals surface area contributed by atoms with Crippen LogP contribution in [0, 0.1) is 45.8 Å². The molecule has 0 aromatic carbocycles. The Labute approximate surface area is 144 Å². The molecule has 2 nitrogen and oxygen atoms in total. The van der Waals surface area contributed by atoms with Crippen LogP contribution < -0.4 is 0 Å². The molecule has 0 aromatic heterocycles. The molecule has 3 fully saturated rings. The van der Waals surface area contributed by atoms with Gasteiger partial charge < -0.3 is 0 Å². The average Bonchev–Trinajstić information content (AvgIpc) is 2.88. The largest absolute Gasteiger partial charge is 0.293 e. The zero-order valence-corrected chi connectivity index (χ0v) is 15.0. The molecule has 0 aliphatic heterocycles. The summed E-state index contributed by atoms with van der Waals surface area (Å²) in [6.45, 7) is 4.74. The minimum absolute atomic E-state index is 0.125. The first-order chi connectivity index (χ1) is 10.9. The fraction of sp³-hybridized carbons (Fsp3) is 0.800. The van der Waals surface area contributed by atoms with E-state index in [2.05, 4.69) is 19.9 Å². The van der Waals surface area contributed by atoms with E-state index >= 15 is 0 Å². The molecule has 23 heavy (non-hydrogen) atoms. The van der Waals surface area contributed by atoms with Gasteiger partial charge in [-0.2, -0.15) is 5.26 Å². The minimum atomic E-state index is 0.125. The minimum Gasteiger partial charge on any atom is -0.293 e. The first-order valence-corrected chi connectivity index (χ1v) is 9.61. The van der Waals surface area contributed by atoms with E-state index in [1.807, 2.05) is 0 Å². The van der Waals surface area contributed by atoms with E-state index in [-0.39, 0.29) is 22.5 Å². The maximum absolute atomic E-state index is 12.0. The molecule has 0 heterocycles. The van der Waals surface area contributed by atoms with E-state index in [4.69, 9.17) is 11.6 Å². The fourth-order valence-corrected chi connectivity index (χ4v) is 7.27. The molecule has 4 aliphatic rings. The van der Waals surface area contributed by atoms with Crippen molar-refractivity contribution in [1.29, 1.82) is 5.26 Å². The Balaban J connectivity index is 1.71. The molecular formula is C20H26ClNO. The lowest BCUT2D eigenvalue weighted by Crippen LogP contribution is -2.50. The van der Waals surface area contributed by atoms with Crippen LogP contribution in [-0.2, 0) is 4.79 Å². The molecular weight excluding hydrogens is 306 g/mol. The summed E-state index contributed by atoms with van der Waals surface area (Å²) in [4.78, 5) is 12.0. The zero-order valence-electron chi connectivity index (χ0n) is 14.2. The first-order valence-electron chi connectivity index (χ1n) is 9.24. The Bertz CT molecular complexity index is 632. The predicted octanol–water partition coefficient (Wildman–Crippen LogP) is 5.22. The Kier molecular flexibility index (Phi) is 3.48. The second-order valence-electron chi connectivity index (χ2n) is 8.85. The van der Waals surface area contributed by atoms with Crippen molar-refractivity contribution in [2.24, 2.45) is 34.5 Å². The summed E-state index contributed by atoms with van der Waals surface area (Å²) >= 11 is 6.43. The highest BCUT2D eigenvalue weighted by Gasteiger charge is 2.59. The Morgan fingerprint density at radius 3 is 2.61 bits per heavy atom. The number of allylic oxidation sites excluding steroid dienone is 1. The van der Waals surface area contributed by atoms with Crippen molar-refractivity contribution in [2.75, 3.05) is 0 Å². The first kappa shape index (κ1) is 15.7. The number of rotatable bonds is 0. The standard InChI is InChI=1S/C20H26ClNO/c1-19-9-7-15-13(14(19)5-3-12(19)11-22)4-6-16-18(21)17(23)8-10-20(15,16)2/h12-15H,3-10H2,1-2H3/t12-,13+,14+,15+,19-,20-/m1/s1. The summed E-state index contributed by atoms with van der Waals surface area (Å²) in [5, 5.41) is 10.1. The van der Waals surface area contributed by atoms with Crippen LogP contribution in [0.5, 0.6) is 0 Å². The lowest BCUT2D eigenvalue weighted by Gasteiger charge is -2.57. The molecule has 4 rings (SSSR count). The summed E-state index contributed by atoms with van der Waals surface area (Å²) in [7, 11) is 0. The molecule has 0 aromatic rings. The number of hydrogen-bond donors (Lipinski definition) is 0. The van der Waals surface area contributed by atoms with Gasteiger partial charge in [-0.1, -0.05) is 25.4 Å². The van der Waals surface area contributed by atoms with Crippen molar-refractivity contribution in [2.45, 2.75) is 65.2 Å². The maximum atomic E-state index is 12.0. The third-order valence-electron chi connectivity index (χ3n) is 8.21. The fourth-order valence-electron chi connectivity index (χ4n) is 6.86. The maximum Gasteiger partial charge on any atom is 0.174 e. The number of fused-ring (bicyclic) bond motifs is 5. The van der Waals surface area contributed by atoms with E-state index in [1.165, 1.54) is 24.8 Å². The highest BCUT2D eigenvalue weighted by atomic mass is 35.5. The number of nitriles is 1. The van der Waals surface area contributed by atoms with Crippen molar-refractivity contribution < 1.29 is 4.79 Å². The Morgan fingerprint density at radius 1 is 1.09 bits per heavy atom. The highest BCUT2D eigenvalue weighted by molar-refractivity contribution is 6.43. The second-order valence-corrected chi connectivity index (χ2v) is 9.23. The summed E-state index contributed by atoms with van der Waals surface area (Å²) < 4.78 is 0. The van der Waals surface area contributed by atoms with Gasteiger partial charge in [0.05, 0.1) is 17.0 Å². The molecule has 0 bridgehead atoms. The number of halogens is 1. The summed E-state index contributed by atoms with van der Waals surface area (Å²) in [5.41, 5.74) is 1.61. The smallest absolute Gasteiger partial charge is 0.174 e. The molecule has 3 saturated carbocycles. The number of Topliss-reactive ketones (excluding diaryl/α,β-unsaturated/α-hetero) is 1. The van der Waals surface area contributed by atoms with Gasteiger partial charge in [-0.15, -0.1) is 0 Å². The molecule has 0 saturated heterocycles. The Morgan fingerprint density at radius 2 is 1.87 bits per heavy atom. The molecule has 0 spiro atoms. The van der Waals surface area contributed by atoms with E-state index in [0.29, 0.717) is 23.3 Å². The zero-order chi connectivity index (χ0) is 16.4. The molecule has 0 amide bonds. The van der Waals surface area contributed by atoms with Crippen LogP contribution in [-0.4, -0.2) is 5.78 Å². The van der Waals surface area contributed by atoms with Crippen LogP contribution in [0.1, 0.15) is 65.2 Å². The molecule has 3 heteroatoms. The van der Waals surface area contributed by atoms with E-state index < -0.39 is 0 Å². The van der Waals surface area contributed by atoms with Gasteiger partial charge in [-0.3, -0.25) is 4.79 Å². The normalized spacial score (nSPS) is 49.2. The molecule has 0 unspecified atom stereocenters. The van der Waals surface area contributed by atoms with Crippen LogP contribution >= 0.6 is 11.6 Å². The summed E-state index contributed by atoms with van der Waals surface area (Å²) in [6.07, 6.45) is 8.43. The van der Waals surface area contributed by atoms with Gasteiger partial charge in [0.1, 0.15) is 0 Å². The monoisotopic (exact) mass is 331 g/mol. The lowest BCUT2D eigenvalue weighted by molar-refractivity contribution is -0.117. The van der Waals surface area contributed by atoms with Crippen LogP contribution in [0.4, 0.5) is 0 Å². The molecule has 0 radical (unpaired) electrons. The number of hydrogen-bond acceptors (Lipinski definition) is 2. The third kappa shape index (κ3) is 1.95. The summed E-state index contributed by atoms with van der Waals surface area (Å²) in [6, 6.07) is 2.60. The van der Waals surface area contributed by atoms with Crippen LogP contribution in [0.15, 0.2) is 10.6 Å². The van der Waals surface area contributed by atoms with Gasteiger partial charge in [0, 0.05) is 6.42 Å². The number of carbonyl (C=O) groups excluding carboxylic acids is 1. The van der Waals surface area contributed by atoms with Gasteiger partial charge in [0.2, 0.25) is 0 Å². The van der Waals surface area contributed by atoms with Crippen molar-refractivity contribution >= 4 is 17.4 Å². The molecule has 124 valence electrons. The van der Waals surface area contributed by atoms with E-state index in [9.17, 15) is 10.1 Å². The molecule has 6 atom stereocenters. The van der Waals surface area contributed by atoms with Crippen molar-refractivity contribution in [1.82, 2.24) is 0 Å². The number of nitrogens with zero attached hydrogens (tertiary/aromatic N) is 1. The van der Waals surface area contributed by atoms with Crippen LogP contribution in [0.2, 0.25) is 0 Å². The van der Waals surface area contributed by atoms with Crippen molar-refractivity contribution in [3.63, 3.8) is 0 Å². The third-order valence-corrected chi connectivity index (χ3v) is 8.65. The quantitative estimate of drug-likeness (QED) is 0.610. The Hall–Kier alpha value is -0.810. The van der Waals surface area contributed by atoms with Gasteiger partial charge in [0.15, 0.2) is 5.78 Å². The van der Waals surface area contributed by atoms with Crippen LogP contribution in [0.25, 0.3) is 0 Å². The van der Waals surface area contributed by atoms with E-state index in [1.54, 1.807) is 0 Å². The highest BCUT2D eigenvalue weighted by Crippen LogP contribution is 2.67. The lowest BCUT2D eigenvalue weighted by atomic mass is 9.47. The van der Waals surface area contributed by atoms with Gasteiger partial charge in [-0.25, -0.2) is 0 Å². The topological polar surface area (TPSA) is 40.9 Å².